The molecule has 0 heterocycles. The normalized spacial score (nSPS) is 8.44. The molecule has 54 valence electrons. The molecule has 0 aromatic heterocycles. The van der Waals surface area contributed by atoms with Crippen LogP contribution in [0.5, 0.6) is 0 Å². The molecular formula is C9H18. The van der Waals surface area contributed by atoms with E-state index in [2.05, 4.69) is 19.6 Å². The van der Waals surface area contributed by atoms with E-state index in [0.717, 1.165) is 12.0 Å². The van der Waals surface area contributed by atoms with Crippen LogP contribution in [0.4, 0.5) is 0 Å². The fourth-order valence-corrected chi connectivity index (χ4v) is 0.319. The van der Waals surface area contributed by atoms with Gasteiger partial charge in [-0.2, -0.15) is 0 Å². The third kappa shape index (κ3) is 18.5. The largest absolute Gasteiger partial charge is 0.0961 e. The first kappa shape index (κ1) is 11.3. The van der Waals surface area contributed by atoms with Gasteiger partial charge in [0, 0.05) is 0 Å². The maximum atomic E-state index is 3.71. The van der Waals surface area contributed by atoms with Crippen LogP contribution < -0.4 is 0 Å². The molecule has 0 spiro atoms. The van der Waals surface area contributed by atoms with Crippen LogP contribution in [-0.4, -0.2) is 0 Å². The summed E-state index contributed by atoms with van der Waals surface area (Å²) in [5, 5.41) is 0. The fraction of sp³-hybridized carbons (Fsp3) is 0.556. The maximum Gasteiger partial charge on any atom is -0.0376 e. The van der Waals surface area contributed by atoms with Gasteiger partial charge in [0.25, 0.3) is 0 Å². The first-order chi connectivity index (χ1) is 4.27. The summed E-state index contributed by atoms with van der Waals surface area (Å²) in [7, 11) is 0. The van der Waals surface area contributed by atoms with Gasteiger partial charge < -0.3 is 0 Å². The molecule has 0 heteroatoms. The monoisotopic (exact) mass is 126 g/mol. The van der Waals surface area contributed by atoms with Crippen molar-refractivity contribution in [1.29, 1.82) is 0 Å². The zero-order valence-electron chi connectivity index (χ0n) is 7.07. The summed E-state index contributed by atoms with van der Waals surface area (Å²) in [5.41, 5.74) is 1.13. The molecule has 0 aliphatic carbocycles. The number of rotatable bonds is 2. The van der Waals surface area contributed by atoms with Gasteiger partial charge in [-0.3, -0.25) is 0 Å². The quantitative estimate of drug-likeness (QED) is 0.496. The van der Waals surface area contributed by atoms with Gasteiger partial charge in [0.15, 0.2) is 0 Å². The highest BCUT2D eigenvalue weighted by atomic mass is 13.7. The van der Waals surface area contributed by atoms with Gasteiger partial charge in [-0.05, 0) is 13.3 Å². The van der Waals surface area contributed by atoms with E-state index in [-0.39, 0.29) is 0 Å². The molecule has 0 fully saturated rings. The van der Waals surface area contributed by atoms with Gasteiger partial charge in [0.2, 0.25) is 0 Å². The van der Waals surface area contributed by atoms with Crippen LogP contribution in [0.1, 0.15) is 34.1 Å². The molecule has 0 saturated heterocycles. The summed E-state index contributed by atoms with van der Waals surface area (Å²) in [6.07, 6.45) is 5.23. The third-order valence-electron chi connectivity index (χ3n) is 0.638. The minimum atomic E-state index is 1.10. The minimum absolute atomic E-state index is 1.10. The second kappa shape index (κ2) is 10.5. The molecule has 0 unspecified atom stereocenters. The van der Waals surface area contributed by atoms with Gasteiger partial charge >= 0.3 is 0 Å². The Morgan fingerprint density at radius 1 is 1.44 bits per heavy atom. The summed E-state index contributed by atoms with van der Waals surface area (Å²) >= 11 is 0. The van der Waals surface area contributed by atoms with Gasteiger partial charge in [-0.25, -0.2) is 0 Å². The lowest BCUT2D eigenvalue weighted by Crippen LogP contribution is -1.58. The van der Waals surface area contributed by atoms with E-state index in [1.807, 2.05) is 26.8 Å². The zero-order valence-corrected chi connectivity index (χ0v) is 7.07. The molecule has 0 bridgehead atoms. The zero-order chi connectivity index (χ0) is 7.70. The van der Waals surface area contributed by atoms with Crippen molar-refractivity contribution in [2.45, 2.75) is 34.1 Å². The van der Waals surface area contributed by atoms with Crippen molar-refractivity contribution in [1.82, 2.24) is 0 Å². The smallest absolute Gasteiger partial charge is 0.0376 e. The highest BCUT2D eigenvalue weighted by Crippen LogP contribution is 1.89. The Morgan fingerprint density at radius 3 is 2.00 bits per heavy atom. The molecule has 0 atom stereocenters. The molecule has 0 N–H and O–H groups in total. The molecule has 0 saturated carbocycles. The van der Waals surface area contributed by atoms with Crippen LogP contribution in [0.15, 0.2) is 24.3 Å². The Labute approximate surface area is 59.3 Å². The van der Waals surface area contributed by atoms with Crippen molar-refractivity contribution in [3.05, 3.63) is 24.3 Å². The van der Waals surface area contributed by atoms with Crippen LogP contribution in [-0.2, 0) is 0 Å². The van der Waals surface area contributed by atoms with Gasteiger partial charge in [-0.15, -0.1) is 0 Å². The lowest BCUT2D eigenvalue weighted by Gasteiger charge is -1.79. The van der Waals surface area contributed by atoms with Crippen LogP contribution in [0.3, 0.4) is 0 Å². The second-order valence-electron chi connectivity index (χ2n) is 1.66. The number of hydrogen-bond acceptors (Lipinski definition) is 0. The number of allylic oxidation sites excluding steroid dienone is 3. The third-order valence-corrected chi connectivity index (χ3v) is 0.638. The standard InChI is InChI=1S/C7H12.C2H6/c1-4-5-6-7(2)3;1-2/h5-6H,2,4H2,1,3H3;1-2H3/b6-5+;. The molecule has 0 aliphatic heterocycles. The van der Waals surface area contributed by atoms with E-state index in [1.165, 1.54) is 0 Å². The summed E-state index contributed by atoms with van der Waals surface area (Å²) in [6, 6.07) is 0. The highest BCUT2D eigenvalue weighted by Gasteiger charge is 1.67. The topological polar surface area (TPSA) is 0 Å². The van der Waals surface area contributed by atoms with Crippen molar-refractivity contribution in [3.8, 4) is 0 Å². The van der Waals surface area contributed by atoms with Crippen molar-refractivity contribution in [3.63, 3.8) is 0 Å². The molecule has 0 rings (SSSR count). The van der Waals surface area contributed by atoms with E-state index < -0.39 is 0 Å². The van der Waals surface area contributed by atoms with Gasteiger partial charge in [-0.1, -0.05) is 45.1 Å². The maximum absolute atomic E-state index is 3.71. The van der Waals surface area contributed by atoms with Gasteiger partial charge in [0.05, 0.1) is 0 Å². The SMILES string of the molecule is C=C(C)/C=C/CC.CC. The highest BCUT2D eigenvalue weighted by molar-refractivity contribution is 5.10. The van der Waals surface area contributed by atoms with Crippen LogP contribution in [0.25, 0.3) is 0 Å². The fourth-order valence-electron chi connectivity index (χ4n) is 0.319. The van der Waals surface area contributed by atoms with E-state index in [4.69, 9.17) is 0 Å². The minimum Gasteiger partial charge on any atom is -0.0961 e. The second-order valence-corrected chi connectivity index (χ2v) is 1.66. The molecule has 0 aromatic rings. The summed E-state index contributed by atoms with van der Waals surface area (Å²) in [5.74, 6) is 0. The average Bonchev–Trinajstić information content (AvgIpc) is 1.88. The first-order valence-corrected chi connectivity index (χ1v) is 3.59. The summed E-state index contributed by atoms with van der Waals surface area (Å²) in [4.78, 5) is 0. The lowest BCUT2D eigenvalue weighted by molar-refractivity contribution is 1.22. The predicted molar refractivity (Wildman–Crippen MR) is 45.6 cm³/mol. The van der Waals surface area contributed by atoms with Crippen LogP contribution >= 0.6 is 0 Å². The Kier molecular flexibility index (Phi) is 13.1. The van der Waals surface area contributed by atoms with Crippen LogP contribution in [0, 0.1) is 0 Å². The van der Waals surface area contributed by atoms with E-state index in [0.29, 0.717) is 0 Å². The number of hydrogen-bond donors (Lipinski definition) is 0. The lowest BCUT2D eigenvalue weighted by atomic mass is 10.3. The van der Waals surface area contributed by atoms with E-state index >= 15 is 0 Å². The Bertz CT molecular complexity index is 78.0. The van der Waals surface area contributed by atoms with Crippen LogP contribution in [0.2, 0.25) is 0 Å². The van der Waals surface area contributed by atoms with Crippen molar-refractivity contribution in [2.75, 3.05) is 0 Å². The van der Waals surface area contributed by atoms with Crippen molar-refractivity contribution >= 4 is 0 Å². The first-order valence-electron chi connectivity index (χ1n) is 3.59. The Balaban J connectivity index is 0. The molecule has 0 aliphatic rings. The molecule has 0 amide bonds. The van der Waals surface area contributed by atoms with Crippen molar-refractivity contribution in [2.24, 2.45) is 0 Å². The Hall–Kier alpha value is -0.520. The van der Waals surface area contributed by atoms with E-state index in [9.17, 15) is 0 Å². The molecular weight excluding hydrogens is 108 g/mol. The van der Waals surface area contributed by atoms with E-state index in [1.54, 1.807) is 0 Å². The molecule has 0 radical (unpaired) electrons. The molecule has 0 nitrogen and oxygen atoms in total. The average molecular weight is 126 g/mol. The molecule has 0 aromatic carbocycles. The van der Waals surface area contributed by atoms with Crippen molar-refractivity contribution < 1.29 is 0 Å². The summed E-state index contributed by atoms with van der Waals surface area (Å²) < 4.78 is 0. The summed E-state index contributed by atoms with van der Waals surface area (Å²) in [6.45, 7) is 11.8. The predicted octanol–water partition coefficient (Wildman–Crippen LogP) is 3.55. The molecule has 9 heavy (non-hydrogen) atoms. The Morgan fingerprint density at radius 2 is 1.89 bits per heavy atom. The van der Waals surface area contributed by atoms with Gasteiger partial charge in [0.1, 0.15) is 0 Å².